The highest BCUT2D eigenvalue weighted by Gasteiger charge is 2.51. The monoisotopic (exact) mass is 287 g/mol. The molecule has 2 atom stereocenters. The Hall–Kier alpha value is -1.23. The number of rotatable bonds is 4. The van der Waals surface area contributed by atoms with Crippen molar-refractivity contribution in [1.82, 2.24) is 0 Å². The summed E-state index contributed by atoms with van der Waals surface area (Å²) in [5.41, 5.74) is 7.02. The normalized spacial score (nSPS) is 25.1. The average Bonchev–Trinajstić information content (AvgIpc) is 2.36. The maximum atomic E-state index is 12.3. The van der Waals surface area contributed by atoms with Crippen molar-refractivity contribution in [3.8, 4) is 5.75 Å². The van der Waals surface area contributed by atoms with Gasteiger partial charge in [-0.05, 0) is 48.3 Å². The highest BCUT2D eigenvalue weighted by atomic mass is 19.4. The Kier molecular flexibility index (Phi) is 4.00. The second kappa shape index (κ2) is 5.28. The van der Waals surface area contributed by atoms with Crippen LogP contribution in [-0.2, 0) is 0 Å². The van der Waals surface area contributed by atoms with E-state index in [-0.39, 0.29) is 23.1 Å². The van der Waals surface area contributed by atoms with Gasteiger partial charge in [0.1, 0.15) is 5.75 Å². The number of nitrogens with two attached hydrogens (primary N) is 1. The highest BCUT2D eigenvalue weighted by Crippen LogP contribution is 2.56. The van der Waals surface area contributed by atoms with Gasteiger partial charge in [-0.15, -0.1) is 13.2 Å². The van der Waals surface area contributed by atoms with Gasteiger partial charge in [0.25, 0.3) is 0 Å². The van der Waals surface area contributed by atoms with Gasteiger partial charge in [0.05, 0.1) is 0 Å². The molecule has 0 saturated heterocycles. The summed E-state index contributed by atoms with van der Waals surface area (Å²) in [6.45, 7) is 4.18. The van der Waals surface area contributed by atoms with Crippen molar-refractivity contribution in [1.29, 1.82) is 0 Å². The first-order chi connectivity index (χ1) is 9.32. The van der Waals surface area contributed by atoms with Crippen molar-refractivity contribution in [3.05, 3.63) is 29.8 Å². The lowest BCUT2D eigenvalue weighted by molar-refractivity contribution is -0.274. The van der Waals surface area contributed by atoms with Gasteiger partial charge in [-0.2, -0.15) is 0 Å². The molecule has 1 aliphatic carbocycles. The van der Waals surface area contributed by atoms with Gasteiger partial charge in [-0.1, -0.05) is 26.0 Å². The Morgan fingerprint density at radius 1 is 1.30 bits per heavy atom. The van der Waals surface area contributed by atoms with E-state index in [9.17, 15) is 13.2 Å². The molecule has 2 rings (SSSR count). The maximum Gasteiger partial charge on any atom is 0.573 e. The van der Waals surface area contributed by atoms with E-state index in [2.05, 4.69) is 18.6 Å². The van der Waals surface area contributed by atoms with Crippen LogP contribution in [0.1, 0.15) is 44.6 Å². The summed E-state index contributed by atoms with van der Waals surface area (Å²) in [5, 5.41) is 0. The molecule has 1 saturated carbocycles. The van der Waals surface area contributed by atoms with Gasteiger partial charge in [-0.25, -0.2) is 0 Å². The molecule has 1 aromatic rings. The molecule has 0 aromatic heterocycles. The van der Waals surface area contributed by atoms with E-state index in [0.717, 1.165) is 24.8 Å². The third kappa shape index (κ3) is 2.64. The number of hydrogen-bond donors (Lipinski definition) is 1. The molecule has 0 heterocycles. The summed E-state index contributed by atoms with van der Waals surface area (Å²) in [6.07, 6.45) is -1.97. The maximum absolute atomic E-state index is 12.3. The Morgan fingerprint density at radius 2 is 1.95 bits per heavy atom. The smallest absolute Gasteiger partial charge is 0.406 e. The molecule has 1 aliphatic rings. The summed E-state index contributed by atoms with van der Waals surface area (Å²) in [4.78, 5) is 0. The van der Waals surface area contributed by atoms with Crippen molar-refractivity contribution in [3.63, 3.8) is 0 Å². The van der Waals surface area contributed by atoms with Crippen LogP contribution in [0.4, 0.5) is 13.2 Å². The van der Waals surface area contributed by atoms with E-state index in [1.807, 2.05) is 6.07 Å². The van der Waals surface area contributed by atoms with Crippen molar-refractivity contribution >= 4 is 0 Å². The van der Waals surface area contributed by atoms with E-state index in [1.165, 1.54) is 12.1 Å². The van der Waals surface area contributed by atoms with Crippen molar-refractivity contribution < 1.29 is 17.9 Å². The molecular formula is C15H20F3NO. The molecule has 0 amide bonds. The molecule has 2 nitrogen and oxygen atoms in total. The predicted molar refractivity (Wildman–Crippen MR) is 71.5 cm³/mol. The summed E-state index contributed by atoms with van der Waals surface area (Å²) in [5.74, 6) is 0.0564. The molecule has 0 radical (unpaired) electrons. The largest absolute Gasteiger partial charge is 0.573 e. The highest BCUT2D eigenvalue weighted by molar-refractivity contribution is 5.35. The van der Waals surface area contributed by atoms with E-state index in [0.29, 0.717) is 0 Å². The Balaban J connectivity index is 2.24. The fraction of sp³-hybridized carbons (Fsp3) is 0.600. The first-order valence-electron chi connectivity index (χ1n) is 6.93. The van der Waals surface area contributed by atoms with Crippen LogP contribution in [0.15, 0.2) is 24.3 Å². The van der Waals surface area contributed by atoms with Crippen molar-refractivity contribution in [2.24, 2.45) is 11.1 Å². The second-order valence-electron chi connectivity index (χ2n) is 5.46. The molecule has 2 N–H and O–H groups in total. The zero-order chi connectivity index (χ0) is 15.0. The van der Waals surface area contributed by atoms with E-state index >= 15 is 0 Å². The lowest BCUT2D eigenvalue weighted by Crippen LogP contribution is -2.55. The minimum absolute atomic E-state index is 0.00312. The van der Waals surface area contributed by atoms with Crippen LogP contribution in [0.5, 0.6) is 5.75 Å². The van der Waals surface area contributed by atoms with Crippen LogP contribution in [0.25, 0.3) is 0 Å². The number of ether oxygens (including phenoxy) is 1. The van der Waals surface area contributed by atoms with Gasteiger partial charge in [-0.3, -0.25) is 0 Å². The van der Waals surface area contributed by atoms with Crippen LogP contribution in [0.3, 0.4) is 0 Å². The van der Waals surface area contributed by atoms with Crippen LogP contribution in [0, 0.1) is 5.41 Å². The molecule has 112 valence electrons. The molecule has 0 bridgehead atoms. The lowest BCUT2D eigenvalue weighted by Gasteiger charge is -2.55. The number of benzene rings is 1. The van der Waals surface area contributed by atoms with Gasteiger partial charge >= 0.3 is 6.36 Å². The topological polar surface area (TPSA) is 35.2 Å². The summed E-state index contributed by atoms with van der Waals surface area (Å²) >= 11 is 0. The third-order valence-corrected chi connectivity index (χ3v) is 4.73. The molecule has 0 spiro atoms. The molecule has 2 unspecified atom stereocenters. The molecule has 1 fully saturated rings. The minimum atomic E-state index is -4.65. The zero-order valence-electron chi connectivity index (χ0n) is 11.7. The Morgan fingerprint density at radius 3 is 2.45 bits per heavy atom. The number of halogens is 3. The van der Waals surface area contributed by atoms with E-state index in [4.69, 9.17) is 5.73 Å². The fourth-order valence-electron chi connectivity index (χ4n) is 3.48. The lowest BCUT2D eigenvalue weighted by atomic mass is 9.52. The molecular weight excluding hydrogens is 267 g/mol. The number of hydrogen-bond acceptors (Lipinski definition) is 2. The van der Waals surface area contributed by atoms with E-state index in [1.54, 1.807) is 6.07 Å². The summed E-state index contributed by atoms with van der Waals surface area (Å²) < 4.78 is 40.8. The van der Waals surface area contributed by atoms with Crippen LogP contribution < -0.4 is 10.5 Å². The second-order valence-corrected chi connectivity index (χ2v) is 5.46. The molecule has 1 aromatic carbocycles. The number of alkyl halides is 3. The molecule has 5 heteroatoms. The summed E-state index contributed by atoms with van der Waals surface area (Å²) in [7, 11) is 0. The SMILES string of the molecule is CCC1(CC)C(N)CC1c1cccc(OC(F)(F)F)c1. The van der Waals surface area contributed by atoms with Gasteiger partial charge in [0, 0.05) is 6.04 Å². The first-order valence-corrected chi connectivity index (χ1v) is 6.93. The third-order valence-electron chi connectivity index (χ3n) is 4.73. The Labute approximate surface area is 117 Å². The van der Waals surface area contributed by atoms with E-state index < -0.39 is 6.36 Å². The zero-order valence-corrected chi connectivity index (χ0v) is 11.7. The van der Waals surface area contributed by atoms with Crippen molar-refractivity contribution in [2.45, 2.75) is 51.4 Å². The van der Waals surface area contributed by atoms with Crippen molar-refractivity contribution in [2.75, 3.05) is 0 Å². The standard InChI is InChI=1S/C15H20F3NO/c1-3-14(4-2)12(9-13(14)19)10-6-5-7-11(8-10)20-15(16,17)18/h5-8,12-13H,3-4,9,19H2,1-2H3. The quantitative estimate of drug-likeness (QED) is 0.900. The minimum Gasteiger partial charge on any atom is -0.406 e. The molecule has 0 aliphatic heterocycles. The molecule has 20 heavy (non-hydrogen) atoms. The first kappa shape index (κ1) is 15.2. The van der Waals surface area contributed by atoms with Crippen LogP contribution in [-0.4, -0.2) is 12.4 Å². The average molecular weight is 287 g/mol. The van der Waals surface area contributed by atoms with Gasteiger partial charge in [0.2, 0.25) is 0 Å². The van der Waals surface area contributed by atoms with Crippen LogP contribution >= 0.6 is 0 Å². The predicted octanol–water partition coefficient (Wildman–Crippen LogP) is 4.21. The van der Waals surface area contributed by atoms with Crippen LogP contribution in [0.2, 0.25) is 0 Å². The Bertz CT molecular complexity index is 468. The fourth-order valence-corrected chi connectivity index (χ4v) is 3.48. The van der Waals surface area contributed by atoms with Gasteiger partial charge in [0.15, 0.2) is 0 Å². The summed E-state index contributed by atoms with van der Waals surface area (Å²) in [6, 6.07) is 6.41. The van der Waals surface area contributed by atoms with Gasteiger partial charge < -0.3 is 10.5 Å².